The number of aromatic nitrogens is 1. The Bertz CT molecular complexity index is 412. The zero-order valence-electron chi connectivity index (χ0n) is 9.95. The highest BCUT2D eigenvalue weighted by molar-refractivity contribution is 5.33. The molecule has 1 N–H and O–H groups in total. The Morgan fingerprint density at radius 1 is 1.41 bits per heavy atom. The van der Waals surface area contributed by atoms with E-state index in [9.17, 15) is 0 Å². The van der Waals surface area contributed by atoms with Gasteiger partial charge in [-0.25, -0.2) is 4.39 Å². The molecule has 0 saturated carbocycles. The van der Waals surface area contributed by atoms with Gasteiger partial charge >= 0.3 is 0 Å². The molecule has 92 valence electrons. The van der Waals surface area contributed by atoms with Gasteiger partial charge in [0.1, 0.15) is 11.4 Å². The summed E-state index contributed by atoms with van der Waals surface area (Å²) in [4.78, 5) is 4.21. The van der Waals surface area contributed by atoms with Gasteiger partial charge in [0, 0.05) is 31.1 Å². The van der Waals surface area contributed by atoms with Crippen LogP contribution in [-0.4, -0.2) is 24.2 Å². The Morgan fingerprint density at radius 2 is 2.12 bits per heavy atom. The average molecular weight is 236 g/mol. The first-order chi connectivity index (χ1) is 8.21. The average Bonchev–Trinajstić information content (AvgIpc) is 2.69. The minimum Gasteiger partial charge on any atom is -0.495 e. The van der Waals surface area contributed by atoms with Crippen LogP contribution in [0.4, 0.5) is 4.39 Å². The zero-order valence-corrected chi connectivity index (χ0v) is 9.95. The molecule has 3 heterocycles. The number of rotatable bonds is 2. The van der Waals surface area contributed by atoms with Crippen molar-refractivity contribution in [1.29, 1.82) is 0 Å². The summed E-state index contributed by atoms with van der Waals surface area (Å²) < 4.78 is 20.3. The summed E-state index contributed by atoms with van der Waals surface area (Å²) in [5, 5.41) is 3.44. The van der Waals surface area contributed by atoms with Crippen molar-refractivity contribution in [2.24, 2.45) is 0 Å². The third-order valence-corrected chi connectivity index (χ3v) is 3.89. The van der Waals surface area contributed by atoms with Crippen LogP contribution < -0.4 is 10.1 Å². The molecular formula is C13H17FN2O. The van der Waals surface area contributed by atoms with Crippen molar-refractivity contribution in [3.8, 4) is 5.75 Å². The van der Waals surface area contributed by atoms with E-state index in [0.29, 0.717) is 36.4 Å². The SMILES string of the molecule is COc1cccnc1C1(F)CC2CCC(C1)N2. The van der Waals surface area contributed by atoms with E-state index in [-0.39, 0.29) is 0 Å². The minimum absolute atomic E-state index is 0.297. The van der Waals surface area contributed by atoms with E-state index < -0.39 is 5.67 Å². The van der Waals surface area contributed by atoms with Crippen LogP contribution in [-0.2, 0) is 5.67 Å². The summed E-state index contributed by atoms with van der Waals surface area (Å²) in [6.07, 6.45) is 4.81. The molecule has 0 aromatic carbocycles. The van der Waals surface area contributed by atoms with Crippen molar-refractivity contribution in [3.63, 3.8) is 0 Å². The standard InChI is InChI=1S/C13H17FN2O/c1-17-11-3-2-6-15-12(11)13(14)7-9-4-5-10(8-13)16-9/h2-3,6,9-10,16H,4-5,7-8H2,1H3. The maximum Gasteiger partial charge on any atom is 0.159 e. The van der Waals surface area contributed by atoms with Crippen molar-refractivity contribution in [2.75, 3.05) is 7.11 Å². The molecule has 2 aliphatic rings. The largest absolute Gasteiger partial charge is 0.495 e. The lowest BCUT2D eigenvalue weighted by atomic mass is 9.85. The summed E-state index contributed by atoms with van der Waals surface area (Å²) in [5.41, 5.74) is -0.857. The Kier molecular flexibility index (Phi) is 2.54. The van der Waals surface area contributed by atoms with E-state index in [4.69, 9.17) is 4.74 Å². The second kappa shape index (κ2) is 3.95. The highest BCUT2D eigenvalue weighted by atomic mass is 19.1. The number of fused-ring (bicyclic) bond motifs is 2. The Balaban J connectivity index is 1.96. The molecule has 3 rings (SSSR count). The topological polar surface area (TPSA) is 34.1 Å². The molecule has 2 atom stereocenters. The van der Waals surface area contributed by atoms with Crippen LogP contribution in [0.15, 0.2) is 18.3 Å². The van der Waals surface area contributed by atoms with Gasteiger partial charge in [-0.1, -0.05) is 0 Å². The Labute approximate surface area is 100 Å². The van der Waals surface area contributed by atoms with Crippen LogP contribution in [0.25, 0.3) is 0 Å². The van der Waals surface area contributed by atoms with Gasteiger partial charge in [0.05, 0.1) is 7.11 Å². The van der Waals surface area contributed by atoms with Crippen LogP contribution in [0, 0.1) is 0 Å². The van der Waals surface area contributed by atoms with E-state index in [0.717, 1.165) is 12.8 Å². The predicted octanol–water partition coefficient (Wildman–Crippen LogP) is 2.17. The number of hydrogen-bond donors (Lipinski definition) is 1. The third kappa shape index (κ3) is 1.80. The number of hydrogen-bond acceptors (Lipinski definition) is 3. The highest BCUT2D eigenvalue weighted by Crippen LogP contribution is 2.45. The molecule has 2 aliphatic heterocycles. The normalized spacial score (nSPS) is 35.9. The summed E-state index contributed by atoms with van der Waals surface area (Å²) >= 11 is 0. The number of ether oxygens (including phenoxy) is 1. The zero-order chi connectivity index (χ0) is 11.9. The number of piperidine rings is 1. The summed E-state index contributed by atoms with van der Waals surface area (Å²) in [5.74, 6) is 0.566. The van der Waals surface area contributed by atoms with E-state index in [2.05, 4.69) is 10.3 Å². The second-order valence-corrected chi connectivity index (χ2v) is 5.07. The molecule has 1 aromatic rings. The molecule has 1 aromatic heterocycles. The van der Waals surface area contributed by atoms with E-state index >= 15 is 4.39 Å². The monoisotopic (exact) mass is 236 g/mol. The van der Waals surface area contributed by atoms with Gasteiger partial charge < -0.3 is 10.1 Å². The number of pyridine rings is 1. The fourth-order valence-corrected chi connectivity index (χ4v) is 3.17. The molecule has 0 spiro atoms. The van der Waals surface area contributed by atoms with Crippen LogP contribution in [0.1, 0.15) is 31.4 Å². The molecule has 2 bridgehead atoms. The molecule has 0 radical (unpaired) electrons. The number of methoxy groups -OCH3 is 1. The molecule has 0 aliphatic carbocycles. The Hall–Kier alpha value is -1.16. The van der Waals surface area contributed by atoms with E-state index in [1.807, 2.05) is 0 Å². The molecule has 3 nitrogen and oxygen atoms in total. The van der Waals surface area contributed by atoms with Gasteiger partial charge in [-0.15, -0.1) is 0 Å². The number of alkyl halides is 1. The van der Waals surface area contributed by atoms with Gasteiger partial charge in [0.25, 0.3) is 0 Å². The van der Waals surface area contributed by atoms with Crippen molar-refractivity contribution >= 4 is 0 Å². The first-order valence-corrected chi connectivity index (χ1v) is 6.16. The van der Waals surface area contributed by atoms with Crippen molar-refractivity contribution in [2.45, 2.75) is 43.4 Å². The van der Waals surface area contributed by atoms with Crippen molar-refractivity contribution in [3.05, 3.63) is 24.0 Å². The van der Waals surface area contributed by atoms with Gasteiger partial charge in [-0.05, 0) is 25.0 Å². The fourth-order valence-electron chi connectivity index (χ4n) is 3.17. The summed E-state index contributed by atoms with van der Waals surface area (Å²) in [7, 11) is 1.57. The number of nitrogens with one attached hydrogen (secondary N) is 1. The first-order valence-electron chi connectivity index (χ1n) is 6.16. The lowest BCUT2D eigenvalue weighted by Gasteiger charge is -2.35. The van der Waals surface area contributed by atoms with Crippen molar-refractivity contribution in [1.82, 2.24) is 10.3 Å². The lowest BCUT2D eigenvalue weighted by molar-refractivity contribution is 0.0794. The second-order valence-electron chi connectivity index (χ2n) is 5.07. The van der Waals surface area contributed by atoms with E-state index in [1.165, 1.54) is 0 Å². The maximum atomic E-state index is 15.1. The number of halogens is 1. The van der Waals surface area contributed by atoms with Crippen LogP contribution in [0.2, 0.25) is 0 Å². The maximum absolute atomic E-state index is 15.1. The first kappa shape index (κ1) is 11.0. The van der Waals surface area contributed by atoms with Gasteiger partial charge in [-0.2, -0.15) is 0 Å². The molecule has 2 fully saturated rings. The molecule has 2 unspecified atom stereocenters. The predicted molar refractivity (Wildman–Crippen MR) is 62.8 cm³/mol. The molecule has 17 heavy (non-hydrogen) atoms. The Morgan fingerprint density at radius 3 is 2.76 bits per heavy atom. The third-order valence-electron chi connectivity index (χ3n) is 3.89. The van der Waals surface area contributed by atoms with Crippen LogP contribution >= 0.6 is 0 Å². The molecule has 2 saturated heterocycles. The number of nitrogens with zero attached hydrogens (tertiary/aromatic N) is 1. The highest BCUT2D eigenvalue weighted by Gasteiger charge is 2.47. The van der Waals surface area contributed by atoms with Gasteiger partial charge in [-0.3, -0.25) is 4.98 Å². The quantitative estimate of drug-likeness (QED) is 0.854. The van der Waals surface area contributed by atoms with Gasteiger partial charge in [0.2, 0.25) is 0 Å². The van der Waals surface area contributed by atoms with Crippen molar-refractivity contribution < 1.29 is 9.13 Å². The van der Waals surface area contributed by atoms with Gasteiger partial charge in [0.15, 0.2) is 5.67 Å². The molecule has 0 amide bonds. The minimum atomic E-state index is -1.33. The van der Waals surface area contributed by atoms with Crippen LogP contribution in [0.5, 0.6) is 5.75 Å². The molecule has 4 heteroatoms. The van der Waals surface area contributed by atoms with Crippen LogP contribution in [0.3, 0.4) is 0 Å². The molecular weight excluding hydrogens is 219 g/mol. The summed E-state index contributed by atoms with van der Waals surface area (Å²) in [6.45, 7) is 0. The summed E-state index contributed by atoms with van der Waals surface area (Å²) in [6, 6.07) is 4.16. The lowest BCUT2D eigenvalue weighted by Crippen LogP contribution is -2.45. The smallest absolute Gasteiger partial charge is 0.159 e. The fraction of sp³-hybridized carbons (Fsp3) is 0.615. The van der Waals surface area contributed by atoms with E-state index in [1.54, 1.807) is 25.4 Å².